The lowest BCUT2D eigenvalue weighted by Gasteiger charge is -2.22. The van der Waals surface area contributed by atoms with Crippen molar-refractivity contribution in [1.29, 1.82) is 0 Å². The highest BCUT2D eigenvalue weighted by molar-refractivity contribution is 14.0. The zero-order valence-corrected chi connectivity index (χ0v) is 19.1. The number of hydrogen-bond acceptors (Lipinski definition) is 3. The first-order valence-corrected chi connectivity index (χ1v) is 10.6. The van der Waals surface area contributed by atoms with Crippen molar-refractivity contribution in [2.45, 2.75) is 24.3 Å². The van der Waals surface area contributed by atoms with Crippen LogP contribution in [0.2, 0.25) is 0 Å². The van der Waals surface area contributed by atoms with E-state index in [9.17, 15) is 8.42 Å². The summed E-state index contributed by atoms with van der Waals surface area (Å²) in [5, 5.41) is 8.50. The summed E-state index contributed by atoms with van der Waals surface area (Å²) in [4.78, 5) is 6.81. The van der Waals surface area contributed by atoms with Crippen molar-refractivity contribution in [3.05, 3.63) is 65.7 Å². The SMILES string of the molecule is CN=C(NCc1ccc(S(N)(=O)=O)cc1)N1CCC(Cc2ccccc2)C1.I. The number of likely N-dealkylation sites (tertiary alicyclic amines) is 1. The average molecular weight is 514 g/mol. The maximum Gasteiger partial charge on any atom is 0.238 e. The predicted octanol–water partition coefficient (Wildman–Crippen LogP) is 2.59. The van der Waals surface area contributed by atoms with Crippen LogP contribution >= 0.6 is 24.0 Å². The standard InChI is InChI=1S/C20H26N4O2S.HI/c1-22-20(23-14-17-7-9-19(10-8-17)27(21,25)26)24-12-11-18(15-24)13-16-5-3-2-4-6-16;/h2-10,18H,11-15H2,1H3,(H,22,23)(H2,21,25,26);1H. The third kappa shape index (κ3) is 6.18. The number of rotatable bonds is 5. The Labute approximate surface area is 184 Å². The van der Waals surface area contributed by atoms with Crippen molar-refractivity contribution in [2.24, 2.45) is 16.0 Å². The Morgan fingerprint density at radius 2 is 1.82 bits per heavy atom. The summed E-state index contributed by atoms with van der Waals surface area (Å²) in [6, 6.07) is 17.2. The minimum Gasteiger partial charge on any atom is -0.352 e. The smallest absolute Gasteiger partial charge is 0.238 e. The quantitative estimate of drug-likeness (QED) is 0.365. The fourth-order valence-corrected chi connectivity index (χ4v) is 3.96. The number of halogens is 1. The number of nitrogens with one attached hydrogen (secondary N) is 1. The molecule has 3 N–H and O–H groups in total. The van der Waals surface area contributed by atoms with E-state index >= 15 is 0 Å². The molecule has 2 aromatic rings. The van der Waals surface area contributed by atoms with Gasteiger partial charge in [-0.3, -0.25) is 4.99 Å². The molecule has 1 aliphatic rings. The lowest BCUT2D eigenvalue weighted by molar-refractivity contribution is 0.460. The average Bonchev–Trinajstić information content (AvgIpc) is 3.11. The molecule has 1 saturated heterocycles. The Balaban J connectivity index is 0.00000280. The van der Waals surface area contributed by atoms with Gasteiger partial charge in [0.25, 0.3) is 0 Å². The first-order chi connectivity index (χ1) is 13.0. The highest BCUT2D eigenvalue weighted by Gasteiger charge is 2.24. The minimum atomic E-state index is -3.65. The van der Waals surface area contributed by atoms with Gasteiger partial charge in [0.05, 0.1) is 4.90 Å². The largest absolute Gasteiger partial charge is 0.352 e. The lowest BCUT2D eigenvalue weighted by atomic mass is 9.99. The molecular weight excluding hydrogens is 487 g/mol. The Hall–Kier alpha value is -1.65. The Bertz CT molecular complexity index is 886. The van der Waals surface area contributed by atoms with Gasteiger partial charge in [0.2, 0.25) is 10.0 Å². The van der Waals surface area contributed by atoms with E-state index in [1.54, 1.807) is 19.2 Å². The van der Waals surface area contributed by atoms with Crippen molar-refractivity contribution >= 4 is 40.0 Å². The number of nitrogens with two attached hydrogens (primary N) is 1. The van der Waals surface area contributed by atoms with E-state index in [-0.39, 0.29) is 28.9 Å². The lowest BCUT2D eigenvalue weighted by Crippen LogP contribution is -2.39. The van der Waals surface area contributed by atoms with Crippen molar-refractivity contribution in [3.63, 3.8) is 0 Å². The summed E-state index contributed by atoms with van der Waals surface area (Å²) in [6.45, 7) is 2.55. The summed E-state index contributed by atoms with van der Waals surface area (Å²) in [7, 11) is -1.86. The molecule has 1 aliphatic heterocycles. The summed E-state index contributed by atoms with van der Waals surface area (Å²) in [5.74, 6) is 1.50. The van der Waals surface area contributed by atoms with Gasteiger partial charge in [-0.1, -0.05) is 42.5 Å². The van der Waals surface area contributed by atoms with Gasteiger partial charge in [0.1, 0.15) is 0 Å². The molecule has 152 valence electrons. The Morgan fingerprint density at radius 1 is 1.14 bits per heavy atom. The number of hydrogen-bond donors (Lipinski definition) is 2. The number of guanidine groups is 1. The molecule has 0 spiro atoms. The molecule has 28 heavy (non-hydrogen) atoms. The molecule has 0 amide bonds. The zero-order valence-electron chi connectivity index (χ0n) is 15.9. The van der Waals surface area contributed by atoms with Crippen LogP contribution in [0.3, 0.4) is 0 Å². The molecule has 3 rings (SSSR count). The van der Waals surface area contributed by atoms with Crippen molar-refractivity contribution in [2.75, 3.05) is 20.1 Å². The second kappa shape index (κ2) is 10.2. The monoisotopic (exact) mass is 514 g/mol. The van der Waals surface area contributed by atoms with E-state index in [2.05, 4.69) is 39.5 Å². The van der Waals surface area contributed by atoms with Gasteiger partial charge in [0.15, 0.2) is 5.96 Å². The van der Waals surface area contributed by atoms with Gasteiger partial charge in [-0.15, -0.1) is 24.0 Å². The van der Waals surface area contributed by atoms with Crippen LogP contribution in [0.4, 0.5) is 0 Å². The summed E-state index contributed by atoms with van der Waals surface area (Å²) in [5.41, 5.74) is 2.35. The molecular formula is C20H27IN4O2S. The van der Waals surface area contributed by atoms with Crippen molar-refractivity contribution in [1.82, 2.24) is 10.2 Å². The molecule has 0 saturated carbocycles. The second-order valence-electron chi connectivity index (χ2n) is 6.88. The fourth-order valence-electron chi connectivity index (χ4n) is 3.45. The number of nitrogens with zero attached hydrogens (tertiary/aromatic N) is 2. The molecule has 1 unspecified atom stereocenters. The molecule has 1 atom stereocenters. The van der Waals surface area contributed by atoms with Crippen LogP contribution in [0.25, 0.3) is 0 Å². The first kappa shape index (κ1) is 22.6. The molecule has 0 aromatic heterocycles. The second-order valence-corrected chi connectivity index (χ2v) is 8.44. The number of sulfonamides is 1. The fraction of sp³-hybridized carbons (Fsp3) is 0.350. The van der Waals surface area contributed by atoms with Crippen LogP contribution in [-0.4, -0.2) is 39.4 Å². The maximum absolute atomic E-state index is 11.3. The van der Waals surface area contributed by atoms with E-state index in [1.165, 1.54) is 17.7 Å². The normalized spacial score (nSPS) is 17.3. The highest BCUT2D eigenvalue weighted by atomic mass is 127. The van der Waals surface area contributed by atoms with Gasteiger partial charge in [-0.2, -0.15) is 0 Å². The topological polar surface area (TPSA) is 87.8 Å². The third-order valence-corrected chi connectivity index (χ3v) is 5.80. The van der Waals surface area contributed by atoms with E-state index in [0.717, 1.165) is 37.5 Å². The van der Waals surface area contributed by atoms with Crippen molar-refractivity contribution in [3.8, 4) is 0 Å². The predicted molar refractivity (Wildman–Crippen MR) is 123 cm³/mol. The van der Waals surface area contributed by atoms with Crippen LogP contribution in [-0.2, 0) is 23.0 Å². The van der Waals surface area contributed by atoms with E-state index in [0.29, 0.717) is 12.5 Å². The molecule has 0 radical (unpaired) electrons. The Kier molecular flexibility index (Phi) is 8.26. The Morgan fingerprint density at radius 3 is 2.43 bits per heavy atom. The molecule has 1 heterocycles. The van der Waals surface area contributed by atoms with Gasteiger partial charge >= 0.3 is 0 Å². The van der Waals surface area contributed by atoms with E-state index in [1.807, 2.05) is 6.07 Å². The molecule has 8 heteroatoms. The first-order valence-electron chi connectivity index (χ1n) is 9.07. The minimum absolute atomic E-state index is 0. The molecule has 2 aromatic carbocycles. The maximum atomic E-state index is 11.3. The van der Waals surface area contributed by atoms with E-state index in [4.69, 9.17) is 5.14 Å². The van der Waals surface area contributed by atoms with Gasteiger partial charge in [-0.25, -0.2) is 13.6 Å². The van der Waals surface area contributed by atoms with Crippen LogP contribution in [0, 0.1) is 5.92 Å². The number of benzene rings is 2. The summed E-state index contributed by atoms with van der Waals surface area (Å²) in [6.07, 6.45) is 2.24. The van der Waals surface area contributed by atoms with Gasteiger partial charge < -0.3 is 10.2 Å². The molecule has 6 nitrogen and oxygen atoms in total. The van der Waals surface area contributed by atoms with Crippen LogP contribution in [0.15, 0.2) is 64.5 Å². The van der Waals surface area contributed by atoms with Crippen molar-refractivity contribution < 1.29 is 8.42 Å². The van der Waals surface area contributed by atoms with Gasteiger partial charge in [-0.05, 0) is 42.0 Å². The zero-order chi connectivity index (χ0) is 19.3. The van der Waals surface area contributed by atoms with Gasteiger partial charge in [0, 0.05) is 26.7 Å². The number of aliphatic imine (C=N–C) groups is 1. The summed E-state index contributed by atoms with van der Waals surface area (Å²) >= 11 is 0. The highest BCUT2D eigenvalue weighted by Crippen LogP contribution is 2.21. The van der Waals surface area contributed by atoms with E-state index < -0.39 is 10.0 Å². The molecule has 1 fully saturated rings. The molecule has 0 aliphatic carbocycles. The molecule has 0 bridgehead atoms. The summed E-state index contributed by atoms with van der Waals surface area (Å²) < 4.78 is 22.7. The van der Waals surface area contributed by atoms with Crippen LogP contribution < -0.4 is 10.5 Å². The third-order valence-electron chi connectivity index (χ3n) is 4.87. The van der Waals surface area contributed by atoms with Crippen LogP contribution in [0.5, 0.6) is 0 Å². The number of primary sulfonamides is 1. The van der Waals surface area contributed by atoms with Crippen LogP contribution in [0.1, 0.15) is 17.5 Å².